The lowest BCUT2D eigenvalue weighted by Crippen LogP contribution is -2.29. The number of ether oxygens (including phenoxy) is 2. The summed E-state index contributed by atoms with van der Waals surface area (Å²) in [4.78, 5) is 24.0. The van der Waals surface area contributed by atoms with Crippen molar-refractivity contribution < 1.29 is 19.1 Å². The average molecular weight is 386 g/mol. The second-order valence-corrected chi connectivity index (χ2v) is 6.02. The van der Waals surface area contributed by atoms with E-state index in [9.17, 15) is 9.59 Å². The van der Waals surface area contributed by atoms with Gasteiger partial charge in [-0.2, -0.15) is 0 Å². The van der Waals surface area contributed by atoms with Crippen molar-refractivity contribution in [2.24, 2.45) is 0 Å². The van der Waals surface area contributed by atoms with Gasteiger partial charge in [0, 0.05) is 16.8 Å². The van der Waals surface area contributed by atoms with E-state index in [2.05, 4.69) is 11.9 Å². The van der Waals surface area contributed by atoms with Gasteiger partial charge in [-0.25, -0.2) is 4.79 Å². The van der Waals surface area contributed by atoms with Crippen LogP contribution in [0.15, 0.2) is 67.3 Å². The van der Waals surface area contributed by atoms with Gasteiger partial charge in [-0.3, -0.25) is 4.79 Å². The van der Waals surface area contributed by atoms with Crippen molar-refractivity contribution in [3.05, 3.63) is 77.8 Å². The summed E-state index contributed by atoms with van der Waals surface area (Å²) in [5, 5.41) is 3.14. The minimum Gasteiger partial charge on any atom is -0.490 e. The zero-order valence-corrected chi connectivity index (χ0v) is 15.6. The first-order valence-electron chi connectivity index (χ1n) is 8.27. The predicted molar refractivity (Wildman–Crippen MR) is 107 cm³/mol. The molecule has 27 heavy (non-hydrogen) atoms. The third-order valence-corrected chi connectivity index (χ3v) is 3.65. The molecule has 5 nitrogen and oxygen atoms in total. The number of carbonyl (C=O) groups is 2. The van der Waals surface area contributed by atoms with E-state index in [0.717, 1.165) is 5.56 Å². The number of amides is 1. The SMILES string of the molecule is C=CCOc1ccc(/C=C/C(=O)O[C@H](C)C(=O)Nc2cccc(Cl)c2)cc1. The molecule has 0 bridgehead atoms. The fourth-order valence-corrected chi connectivity index (χ4v) is 2.26. The van der Waals surface area contributed by atoms with Crippen LogP contribution in [0.2, 0.25) is 5.02 Å². The summed E-state index contributed by atoms with van der Waals surface area (Å²) >= 11 is 5.87. The monoisotopic (exact) mass is 385 g/mol. The Morgan fingerprint density at radius 3 is 2.63 bits per heavy atom. The zero-order valence-electron chi connectivity index (χ0n) is 14.9. The van der Waals surface area contributed by atoms with Gasteiger partial charge in [-0.05, 0) is 48.9 Å². The van der Waals surface area contributed by atoms with Gasteiger partial charge in [-0.1, -0.05) is 42.5 Å². The molecule has 140 valence electrons. The lowest BCUT2D eigenvalue weighted by molar-refractivity contribution is -0.148. The van der Waals surface area contributed by atoms with Crippen molar-refractivity contribution in [3.63, 3.8) is 0 Å². The van der Waals surface area contributed by atoms with Gasteiger partial charge in [-0.15, -0.1) is 0 Å². The summed E-state index contributed by atoms with van der Waals surface area (Å²) in [6.07, 6.45) is 3.58. The molecule has 0 radical (unpaired) electrons. The quantitative estimate of drug-likeness (QED) is 0.413. The van der Waals surface area contributed by atoms with Crippen LogP contribution < -0.4 is 10.1 Å². The highest BCUT2D eigenvalue weighted by molar-refractivity contribution is 6.30. The molecule has 0 heterocycles. The van der Waals surface area contributed by atoms with Crippen LogP contribution in [0.3, 0.4) is 0 Å². The van der Waals surface area contributed by atoms with Gasteiger partial charge in [0.1, 0.15) is 12.4 Å². The van der Waals surface area contributed by atoms with Gasteiger partial charge in [0.25, 0.3) is 5.91 Å². The van der Waals surface area contributed by atoms with E-state index >= 15 is 0 Å². The number of carbonyl (C=O) groups excluding carboxylic acids is 2. The molecule has 2 aromatic carbocycles. The Hall–Kier alpha value is -3.05. The number of hydrogen-bond acceptors (Lipinski definition) is 4. The number of anilines is 1. The Balaban J connectivity index is 1.85. The van der Waals surface area contributed by atoms with Gasteiger partial charge in [0.2, 0.25) is 0 Å². The number of halogens is 1. The smallest absolute Gasteiger partial charge is 0.331 e. The summed E-state index contributed by atoms with van der Waals surface area (Å²) in [5.74, 6) is -0.348. The normalized spacial score (nSPS) is 11.6. The first-order chi connectivity index (χ1) is 13.0. The van der Waals surface area contributed by atoms with Crippen molar-refractivity contribution in [2.45, 2.75) is 13.0 Å². The van der Waals surface area contributed by atoms with Gasteiger partial charge >= 0.3 is 5.97 Å². The fourth-order valence-electron chi connectivity index (χ4n) is 2.07. The van der Waals surface area contributed by atoms with E-state index in [0.29, 0.717) is 23.1 Å². The summed E-state index contributed by atoms with van der Waals surface area (Å²) in [6, 6.07) is 13.9. The third kappa shape index (κ3) is 6.99. The van der Waals surface area contributed by atoms with Crippen molar-refractivity contribution in [3.8, 4) is 5.75 Å². The van der Waals surface area contributed by atoms with Crippen LogP contribution in [-0.2, 0) is 14.3 Å². The molecule has 0 fully saturated rings. The number of benzene rings is 2. The highest BCUT2D eigenvalue weighted by atomic mass is 35.5. The van der Waals surface area contributed by atoms with Crippen LogP contribution in [0.5, 0.6) is 5.75 Å². The van der Waals surface area contributed by atoms with Crippen molar-refractivity contribution in [1.82, 2.24) is 0 Å². The van der Waals surface area contributed by atoms with Gasteiger partial charge in [0.05, 0.1) is 0 Å². The molecule has 2 rings (SSSR count). The highest BCUT2D eigenvalue weighted by Crippen LogP contribution is 2.16. The largest absolute Gasteiger partial charge is 0.490 e. The second-order valence-electron chi connectivity index (χ2n) is 5.58. The van der Waals surface area contributed by atoms with Crippen LogP contribution in [0, 0.1) is 0 Å². The van der Waals surface area contributed by atoms with Crippen LogP contribution in [-0.4, -0.2) is 24.6 Å². The second kappa shape index (κ2) is 10.2. The topological polar surface area (TPSA) is 64.6 Å². The van der Waals surface area contributed by atoms with Gasteiger partial charge in [0.15, 0.2) is 6.10 Å². The number of esters is 1. The molecule has 0 saturated carbocycles. The molecular weight excluding hydrogens is 366 g/mol. The Morgan fingerprint density at radius 1 is 1.22 bits per heavy atom. The highest BCUT2D eigenvalue weighted by Gasteiger charge is 2.16. The van der Waals surface area contributed by atoms with E-state index in [-0.39, 0.29) is 0 Å². The van der Waals surface area contributed by atoms with Crippen LogP contribution >= 0.6 is 11.6 Å². The maximum Gasteiger partial charge on any atom is 0.331 e. The minimum atomic E-state index is -0.948. The molecule has 0 aromatic heterocycles. The molecule has 2 aromatic rings. The minimum absolute atomic E-state index is 0.427. The Morgan fingerprint density at radius 2 is 1.96 bits per heavy atom. The van der Waals surface area contributed by atoms with Crippen LogP contribution in [0.4, 0.5) is 5.69 Å². The maximum atomic E-state index is 12.1. The standard InChI is InChI=1S/C21H20ClNO4/c1-3-13-26-19-10-7-16(8-11-19)9-12-20(24)27-15(2)21(25)23-18-6-4-5-17(22)14-18/h3-12,14-15H,1,13H2,2H3,(H,23,25)/b12-9+/t15-/m1/s1. The maximum absolute atomic E-state index is 12.1. The molecule has 0 saturated heterocycles. The molecule has 0 spiro atoms. The van der Waals surface area contributed by atoms with Crippen molar-refractivity contribution in [1.29, 1.82) is 0 Å². The molecule has 1 N–H and O–H groups in total. The van der Waals surface area contributed by atoms with E-state index in [1.807, 2.05) is 0 Å². The molecule has 0 unspecified atom stereocenters. The fraction of sp³-hybridized carbons (Fsp3) is 0.143. The predicted octanol–water partition coefficient (Wildman–Crippen LogP) is 4.49. The number of nitrogens with one attached hydrogen (secondary N) is 1. The molecule has 0 aliphatic rings. The average Bonchev–Trinajstić information content (AvgIpc) is 2.65. The molecular formula is C21H20ClNO4. The number of hydrogen-bond donors (Lipinski definition) is 1. The molecule has 0 aliphatic carbocycles. The summed E-state index contributed by atoms with van der Waals surface area (Å²) in [5.41, 5.74) is 1.33. The Labute approximate surface area is 163 Å². The lowest BCUT2D eigenvalue weighted by atomic mass is 10.2. The Kier molecular flexibility index (Phi) is 7.64. The molecule has 1 atom stereocenters. The van der Waals surface area contributed by atoms with Crippen molar-refractivity contribution >= 4 is 35.2 Å². The summed E-state index contributed by atoms with van der Waals surface area (Å²) in [6.45, 7) is 5.51. The first kappa shape index (κ1) is 20.3. The van der Waals surface area contributed by atoms with E-state index in [1.165, 1.54) is 13.0 Å². The number of rotatable bonds is 8. The molecule has 0 aliphatic heterocycles. The zero-order chi connectivity index (χ0) is 19.6. The van der Waals surface area contributed by atoms with E-state index in [1.54, 1.807) is 60.7 Å². The lowest BCUT2D eigenvalue weighted by Gasteiger charge is -2.12. The molecule has 1 amide bonds. The molecule has 6 heteroatoms. The van der Waals surface area contributed by atoms with Gasteiger partial charge < -0.3 is 14.8 Å². The van der Waals surface area contributed by atoms with Crippen LogP contribution in [0.1, 0.15) is 12.5 Å². The third-order valence-electron chi connectivity index (χ3n) is 3.41. The summed E-state index contributed by atoms with van der Waals surface area (Å²) in [7, 11) is 0. The van der Waals surface area contributed by atoms with E-state index in [4.69, 9.17) is 21.1 Å². The Bertz CT molecular complexity index is 830. The first-order valence-corrected chi connectivity index (χ1v) is 8.64. The van der Waals surface area contributed by atoms with Crippen LogP contribution in [0.25, 0.3) is 6.08 Å². The van der Waals surface area contributed by atoms with E-state index < -0.39 is 18.0 Å². The van der Waals surface area contributed by atoms with Crippen molar-refractivity contribution in [2.75, 3.05) is 11.9 Å². The summed E-state index contributed by atoms with van der Waals surface area (Å²) < 4.78 is 10.5.